The standard InChI is InChI=1S/C23H21FN2O4/c24-18-8-6-17(7-9-18)15-30-22-11-10-21-20(25-22)14-26(23(27)16-29-21)12-13-28-19-4-2-1-3-5-19/h1-11H,12-16H2. The monoisotopic (exact) mass is 408 g/mol. The van der Waals surface area contributed by atoms with Crippen molar-refractivity contribution in [2.45, 2.75) is 13.2 Å². The molecule has 0 atom stereocenters. The van der Waals surface area contributed by atoms with Gasteiger partial charge in [-0.15, -0.1) is 0 Å². The van der Waals surface area contributed by atoms with E-state index in [1.807, 2.05) is 30.3 Å². The van der Waals surface area contributed by atoms with E-state index in [2.05, 4.69) is 4.98 Å². The minimum absolute atomic E-state index is 0.0458. The zero-order valence-electron chi connectivity index (χ0n) is 16.3. The van der Waals surface area contributed by atoms with Crippen molar-refractivity contribution >= 4 is 5.91 Å². The van der Waals surface area contributed by atoms with Gasteiger partial charge in [0.15, 0.2) is 6.61 Å². The van der Waals surface area contributed by atoms with Gasteiger partial charge in [0.1, 0.15) is 36.2 Å². The molecule has 2 aromatic carbocycles. The Labute approximate surface area is 173 Å². The molecule has 30 heavy (non-hydrogen) atoms. The van der Waals surface area contributed by atoms with Crippen molar-refractivity contribution in [2.24, 2.45) is 0 Å². The minimum atomic E-state index is -0.292. The lowest BCUT2D eigenvalue weighted by atomic mass is 10.2. The fourth-order valence-corrected chi connectivity index (χ4v) is 3.03. The van der Waals surface area contributed by atoms with E-state index in [9.17, 15) is 9.18 Å². The first-order chi connectivity index (χ1) is 14.7. The first-order valence-corrected chi connectivity index (χ1v) is 9.63. The van der Waals surface area contributed by atoms with Gasteiger partial charge in [0.2, 0.25) is 5.88 Å². The second-order valence-electron chi connectivity index (χ2n) is 6.77. The zero-order valence-corrected chi connectivity index (χ0v) is 16.3. The number of hydrogen-bond acceptors (Lipinski definition) is 5. The Kier molecular flexibility index (Phi) is 6.08. The van der Waals surface area contributed by atoms with E-state index in [1.165, 1.54) is 12.1 Å². The largest absolute Gasteiger partial charge is 0.492 e. The number of halogens is 1. The number of aromatic nitrogens is 1. The predicted molar refractivity (Wildman–Crippen MR) is 108 cm³/mol. The average molecular weight is 408 g/mol. The molecule has 0 N–H and O–H groups in total. The van der Waals surface area contributed by atoms with Gasteiger partial charge in [-0.25, -0.2) is 9.37 Å². The molecule has 0 radical (unpaired) electrons. The van der Waals surface area contributed by atoms with Gasteiger partial charge in [0.05, 0.1) is 13.1 Å². The van der Waals surface area contributed by atoms with Crippen molar-refractivity contribution < 1.29 is 23.4 Å². The lowest BCUT2D eigenvalue weighted by Gasteiger charge is -2.19. The number of fused-ring (bicyclic) bond motifs is 1. The molecule has 2 heterocycles. The summed E-state index contributed by atoms with van der Waals surface area (Å²) >= 11 is 0. The van der Waals surface area contributed by atoms with Crippen LogP contribution in [0.4, 0.5) is 4.39 Å². The van der Waals surface area contributed by atoms with Crippen LogP contribution in [-0.2, 0) is 17.9 Å². The maximum atomic E-state index is 13.0. The second kappa shape index (κ2) is 9.26. The van der Waals surface area contributed by atoms with Crippen LogP contribution in [0.3, 0.4) is 0 Å². The highest BCUT2D eigenvalue weighted by Crippen LogP contribution is 2.25. The number of amides is 1. The lowest BCUT2D eigenvalue weighted by molar-refractivity contribution is -0.133. The number of rotatable bonds is 7. The second-order valence-corrected chi connectivity index (χ2v) is 6.77. The van der Waals surface area contributed by atoms with Crippen molar-refractivity contribution in [3.8, 4) is 17.4 Å². The number of para-hydroxylation sites is 1. The van der Waals surface area contributed by atoms with E-state index in [0.29, 0.717) is 37.0 Å². The van der Waals surface area contributed by atoms with Crippen molar-refractivity contribution in [1.29, 1.82) is 0 Å². The average Bonchev–Trinajstić information content (AvgIpc) is 2.93. The Morgan fingerprint density at radius 1 is 1.00 bits per heavy atom. The molecule has 1 aliphatic heterocycles. The molecule has 0 saturated carbocycles. The number of carbonyl (C=O) groups excluding carboxylic acids is 1. The molecule has 1 aromatic heterocycles. The highest BCUT2D eigenvalue weighted by molar-refractivity contribution is 5.78. The van der Waals surface area contributed by atoms with E-state index in [1.54, 1.807) is 29.2 Å². The van der Waals surface area contributed by atoms with Gasteiger partial charge in [-0.1, -0.05) is 30.3 Å². The molecule has 7 heteroatoms. The van der Waals surface area contributed by atoms with Crippen LogP contribution in [-0.4, -0.2) is 35.5 Å². The molecular weight excluding hydrogens is 387 g/mol. The summed E-state index contributed by atoms with van der Waals surface area (Å²) < 4.78 is 30.0. The molecular formula is C23H21FN2O4. The van der Waals surface area contributed by atoms with Crippen LogP contribution in [0.2, 0.25) is 0 Å². The molecule has 6 nitrogen and oxygen atoms in total. The minimum Gasteiger partial charge on any atom is -0.492 e. The summed E-state index contributed by atoms with van der Waals surface area (Å²) in [7, 11) is 0. The first kappa shape index (κ1) is 19.7. The normalized spacial score (nSPS) is 13.2. The Hall–Kier alpha value is -3.61. The third kappa shape index (κ3) is 5.05. The summed E-state index contributed by atoms with van der Waals surface area (Å²) in [4.78, 5) is 18.6. The fourth-order valence-electron chi connectivity index (χ4n) is 3.03. The predicted octanol–water partition coefficient (Wildman–Crippen LogP) is 3.60. The summed E-state index contributed by atoms with van der Waals surface area (Å²) in [5, 5.41) is 0. The van der Waals surface area contributed by atoms with Crippen molar-refractivity contribution in [1.82, 2.24) is 9.88 Å². The number of ether oxygens (including phenoxy) is 3. The first-order valence-electron chi connectivity index (χ1n) is 9.63. The fraction of sp³-hybridized carbons (Fsp3) is 0.217. The van der Waals surface area contributed by atoms with Crippen molar-refractivity contribution in [3.05, 3.63) is 83.8 Å². The number of carbonyl (C=O) groups is 1. The van der Waals surface area contributed by atoms with Gasteiger partial charge in [-0.3, -0.25) is 4.79 Å². The number of nitrogens with zero attached hydrogens (tertiary/aromatic N) is 2. The molecule has 3 aromatic rings. The van der Waals surface area contributed by atoms with Crippen molar-refractivity contribution in [2.75, 3.05) is 19.8 Å². The Bertz CT molecular complexity index is 996. The number of hydrogen-bond donors (Lipinski definition) is 0. The van der Waals surface area contributed by atoms with E-state index in [-0.39, 0.29) is 24.9 Å². The van der Waals surface area contributed by atoms with E-state index in [4.69, 9.17) is 14.2 Å². The Morgan fingerprint density at radius 2 is 1.80 bits per heavy atom. The summed E-state index contributed by atoms with van der Waals surface area (Å²) in [5.74, 6) is 1.31. The van der Waals surface area contributed by atoms with Gasteiger partial charge in [0.25, 0.3) is 5.91 Å². The molecule has 4 rings (SSSR count). The maximum absolute atomic E-state index is 13.0. The number of benzene rings is 2. The van der Waals surface area contributed by atoms with Gasteiger partial charge < -0.3 is 19.1 Å². The third-order valence-electron chi connectivity index (χ3n) is 4.62. The molecule has 0 fully saturated rings. The van der Waals surface area contributed by atoms with Crippen molar-refractivity contribution in [3.63, 3.8) is 0 Å². The van der Waals surface area contributed by atoms with Gasteiger partial charge in [-0.05, 0) is 35.9 Å². The summed E-state index contributed by atoms with van der Waals surface area (Å²) in [6.07, 6.45) is 0. The van der Waals surface area contributed by atoms with Gasteiger partial charge >= 0.3 is 0 Å². The van der Waals surface area contributed by atoms with Gasteiger partial charge in [-0.2, -0.15) is 0 Å². The smallest absolute Gasteiger partial charge is 0.260 e. The van der Waals surface area contributed by atoms with Gasteiger partial charge in [0, 0.05) is 6.07 Å². The Morgan fingerprint density at radius 3 is 2.60 bits per heavy atom. The summed E-state index contributed by atoms with van der Waals surface area (Å²) in [6.45, 7) is 1.31. The number of pyridine rings is 1. The quantitative estimate of drug-likeness (QED) is 0.598. The molecule has 0 spiro atoms. The molecule has 0 saturated heterocycles. The Balaban J connectivity index is 1.38. The van der Waals surface area contributed by atoms with Crippen LogP contribution in [0.5, 0.6) is 17.4 Å². The lowest BCUT2D eigenvalue weighted by Crippen LogP contribution is -2.35. The van der Waals surface area contributed by atoms with Crippen LogP contribution in [0, 0.1) is 5.82 Å². The zero-order chi connectivity index (χ0) is 20.8. The topological polar surface area (TPSA) is 60.9 Å². The molecule has 0 aliphatic carbocycles. The highest BCUT2D eigenvalue weighted by Gasteiger charge is 2.23. The molecule has 1 aliphatic rings. The molecule has 1 amide bonds. The summed E-state index contributed by atoms with van der Waals surface area (Å²) in [6, 6.07) is 19.0. The third-order valence-corrected chi connectivity index (χ3v) is 4.62. The van der Waals surface area contributed by atoms with Crippen LogP contribution >= 0.6 is 0 Å². The SMILES string of the molecule is O=C1COc2ccc(OCc3ccc(F)cc3)nc2CN1CCOc1ccccc1. The van der Waals surface area contributed by atoms with Crippen LogP contribution in [0.25, 0.3) is 0 Å². The molecule has 154 valence electrons. The highest BCUT2D eigenvalue weighted by atomic mass is 19.1. The van der Waals surface area contributed by atoms with E-state index < -0.39 is 0 Å². The van der Waals surface area contributed by atoms with E-state index in [0.717, 1.165) is 11.3 Å². The summed E-state index contributed by atoms with van der Waals surface area (Å²) in [5.41, 5.74) is 1.46. The molecule has 0 unspecified atom stereocenters. The van der Waals surface area contributed by atoms with Crippen LogP contribution in [0.15, 0.2) is 66.7 Å². The van der Waals surface area contributed by atoms with Crippen LogP contribution < -0.4 is 14.2 Å². The van der Waals surface area contributed by atoms with E-state index >= 15 is 0 Å². The van der Waals surface area contributed by atoms with Crippen LogP contribution in [0.1, 0.15) is 11.3 Å². The molecule has 0 bridgehead atoms. The maximum Gasteiger partial charge on any atom is 0.260 e.